The molecule has 0 aromatic rings. The fourth-order valence-electron chi connectivity index (χ4n) is 2.46. The fraction of sp³-hybridized carbons (Fsp3) is 0.643. The molecular weight excluding hydrogens is 244 g/mol. The Morgan fingerprint density at radius 1 is 1.26 bits per heavy atom. The van der Waals surface area contributed by atoms with E-state index in [-0.39, 0.29) is 6.04 Å². The Kier molecular flexibility index (Phi) is 4.71. The first-order valence-corrected chi connectivity index (χ1v) is 6.60. The van der Waals surface area contributed by atoms with E-state index in [0.29, 0.717) is 25.7 Å². The first-order valence-electron chi connectivity index (χ1n) is 6.60. The molecule has 0 aromatic heterocycles. The Balaban J connectivity index is 3.19. The van der Waals surface area contributed by atoms with Gasteiger partial charge in [-0.3, -0.25) is 19.8 Å². The average Bonchev–Trinajstić information content (AvgIpc) is 2.39. The van der Waals surface area contributed by atoms with Gasteiger partial charge in [-0.15, -0.1) is 12.3 Å². The van der Waals surface area contributed by atoms with Crippen molar-refractivity contribution in [3.63, 3.8) is 0 Å². The predicted molar refractivity (Wildman–Crippen MR) is 70.9 cm³/mol. The van der Waals surface area contributed by atoms with Crippen molar-refractivity contribution >= 4 is 17.8 Å². The minimum Gasteiger partial charge on any atom is -0.277 e. The summed E-state index contributed by atoms with van der Waals surface area (Å²) in [5.74, 6) is 1.55. The lowest BCUT2D eigenvalue weighted by Gasteiger charge is -2.41. The monoisotopic (exact) mass is 264 g/mol. The fourth-order valence-corrected chi connectivity index (χ4v) is 2.46. The van der Waals surface area contributed by atoms with Crippen molar-refractivity contribution in [1.82, 2.24) is 10.2 Å². The third-order valence-corrected chi connectivity index (χ3v) is 3.90. The van der Waals surface area contributed by atoms with Gasteiger partial charge in [-0.25, -0.2) is 4.79 Å². The van der Waals surface area contributed by atoms with Crippen molar-refractivity contribution in [2.75, 3.05) is 0 Å². The molecule has 0 spiro atoms. The van der Waals surface area contributed by atoms with Gasteiger partial charge >= 0.3 is 6.03 Å². The van der Waals surface area contributed by atoms with Crippen molar-refractivity contribution in [3.05, 3.63) is 0 Å². The first kappa shape index (κ1) is 15.2. The molecule has 0 bridgehead atoms. The summed E-state index contributed by atoms with van der Waals surface area (Å²) < 4.78 is 0. The lowest BCUT2D eigenvalue weighted by atomic mass is 9.78. The van der Waals surface area contributed by atoms with Gasteiger partial charge < -0.3 is 0 Å². The highest BCUT2D eigenvalue weighted by atomic mass is 16.2. The maximum absolute atomic E-state index is 12.6. The van der Waals surface area contributed by atoms with Gasteiger partial charge in [-0.2, -0.15) is 0 Å². The topological polar surface area (TPSA) is 66.5 Å². The number of carbonyl (C=O) groups excluding carboxylic acids is 3. The number of barbiturate groups is 1. The van der Waals surface area contributed by atoms with Crippen LogP contribution < -0.4 is 5.32 Å². The molecule has 0 aromatic carbocycles. The molecule has 5 nitrogen and oxygen atoms in total. The Bertz CT molecular complexity index is 432. The molecule has 104 valence electrons. The van der Waals surface area contributed by atoms with Crippen LogP contribution in [0.25, 0.3) is 0 Å². The molecule has 1 saturated heterocycles. The number of nitrogens with one attached hydrogen (secondary N) is 1. The molecule has 1 rings (SSSR count). The molecule has 0 saturated carbocycles. The molecule has 0 radical (unpaired) electrons. The van der Waals surface area contributed by atoms with Crippen LogP contribution in [0.4, 0.5) is 4.79 Å². The number of urea groups is 1. The summed E-state index contributed by atoms with van der Waals surface area (Å²) in [5, 5.41) is 2.28. The SMILES string of the molecule is C#CCC(CC)N1C(=O)NC(=O)C(CC)(CC)C1=O. The molecule has 5 heteroatoms. The zero-order valence-electron chi connectivity index (χ0n) is 11.7. The van der Waals surface area contributed by atoms with Crippen molar-refractivity contribution in [2.45, 2.75) is 52.5 Å². The highest BCUT2D eigenvalue weighted by Gasteiger charge is 2.52. The quantitative estimate of drug-likeness (QED) is 0.607. The van der Waals surface area contributed by atoms with Gasteiger partial charge in [0.1, 0.15) is 5.41 Å². The molecule has 1 fully saturated rings. The van der Waals surface area contributed by atoms with Crippen LogP contribution in [0, 0.1) is 17.8 Å². The molecule has 1 heterocycles. The number of hydrogen-bond donors (Lipinski definition) is 1. The van der Waals surface area contributed by atoms with Gasteiger partial charge in [-0.05, 0) is 19.3 Å². The summed E-state index contributed by atoms with van der Waals surface area (Å²) in [6.07, 6.45) is 6.88. The van der Waals surface area contributed by atoms with E-state index in [1.165, 1.54) is 0 Å². The van der Waals surface area contributed by atoms with Gasteiger partial charge in [-0.1, -0.05) is 20.8 Å². The van der Waals surface area contributed by atoms with Gasteiger partial charge in [0.05, 0.1) is 6.04 Å². The maximum atomic E-state index is 12.6. The second-order valence-corrected chi connectivity index (χ2v) is 4.69. The van der Waals surface area contributed by atoms with Crippen LogP contribution in [-0.4, -0.2) is 28.8 Å². The van der Waals surface area contributed by atoms with E-state index in [1.807, 2.05) is 6.92 Å². The average molecular weight is 264 g/mol. The normalized spacial score (nSPS) is 19.9. The molecule has 1 atom stereocenters. The van der Waals surface area contributed by atoms with Crippen LogP contribution >= 0.6 is 0 Å². The Hall–Kier alpha value is -1.83. The molecule has 1 N–H and O–H groups in total. The Morgan fingerprint density at radius 3 is 2.26 bits per heavy atom. The number of imide groups is 2. The van der Waals surface area contributed by atoms with E-state index in [2.05, 4.69) is 11.2 Å². The van der Waals surface area contributed by atoms with Crippen molar-refractivity contribution in [1.29, 1.82) is 0 Å². The smallest absolute Gasteiger partial charge is 0.277 e. The third-order valence-electron chi connectivity index (χ3n) is 3.90. The summed E-state index contributed by atoms with van der Waals surface area (Å²) in [4.78, 5) is 37.6. The summed E-state index contributed by atoms with van der Waals surface area (Å²) in [6, 6.07) is -1.02. The van der Waals surface area contributed by atoms with E-state index in [4.69, 9.17) is 6.42 Å². The number of amides is 4. The summed E-state index contributed by atoms with van der Waals surface area (Å²) in [5.41, 5.74) is -1.14. The van der Waals surface area contributed by atoms with Crippen LogP contribution in [0.2, 0.25) is 0 Å². The molecule has 0 aliphatic carbocycles. The third kappa shape index (κ3) is 2.35. The van der Waals surface area contributed by atoms with Gasteiger partial charge in [0.15, 0.2) is 0 Å². The van der Waals surface area contributed by atoms with Crippen LogP contribution in [-0.2, 0) is 9.59 Å². The first-order chi connectivity index (χ1) is 8.98. The van der Waals surface area contributed by atoms with Crippen molar-refractivity contribution in [2.24, 2.45) is 5.41 Å². The zero-order chi connectivity index (χ0) is 14.6. The number of nitrogens with zero attached hydrogens (tertiary/aromatic N) is 1. The van der Waals surface area contributed by atoms with Crippen LogP contribution in [0.1, 0.15) is 46.5 Å². The van der Waals surface area contributed by atoms with E-state index in [9.17, 15) is 14.4 Å². The largest absolute Gasteiger partial charge is 0.331 e. The Labute approximate surface area is 113 Å². The zero-order valence-corrected chi connectivity index (χ0v) is 11.7. The van der Waals surface area contributed by atoms with Crippen molar-refractivity contribution < 1.29 is 14.4 Å². The standard InChI is InChI=1S/C14H20N2O3/c1-5-9-10(6-2)16-12(18)14(7-3,8-4)11(17)15-13(16)19/h1,10H,6-9H2,2-4H3,(H,15,17,19). The second kappa shape index (κ2) is 5.87. The molecule has 1 unspecified atom stereocenters. The van der Waals surface area contributed by atoms with E-state index >= 15 is 0 Å². The second-order valence-electron chi connectivity index (χ2n) is 4.69. The predicted octanol–water partition coefficient (Wildman–Crippen LogP) is 1.67. The molecule has 19 heavy (non-hydrogen) atoms. The minimum atomic E-state index is -1.14. The lowest BCUT2D eigenvalue weighted by Crippen LogP contribution is -2.65. The molecule has 4 amide bonds. The van der Waals surface area contributed by atoms with E-state index in [1.54, 1.807) is 13.8 Å². The summed E-state index contributed by atoms with van der Waals surface area (Å²) in [6.45, 7) is 5.41. The van der Waals surface area contributed by atoms with Gasteiger partial charge in [0.2, 0.25) is 11.8 Å². The molecule has 1 aliphatic heterocycles. The van der Waals surface area contributed by atoms with Crippen LogP contribution in [0.3, 0.4) is 0 Å². The maximum Gasteiger partial charge on any atom is 0.331 e. The number of terminal acetylenes is 1. The molecular formula is C14H20N2O3. The van der Waals surface area contributed by atoms with Crippen LogP contribution in [0.5, 0.6) is 0 Å². The van der Waals surface area contributed by atoms with E-state index in [0.717, 1.165) is 4.90 Å². The van der Waals surface area contributed by atoms with Gasteiger partial charge in [0.25, 0.3) is 0 Å². The number of rotatable bonds is 5. The Morgan fingerprint density at radius 2 is 1.84 bits per heavy atom. The minimum absolute atomic E-state index is 0.299. The molecule has 1 aliphatic rings. The highest BCUT2D eigenvalue weighted by Crippen LogP contribution is 2.33. The van der Waals surface area contributed by atoms with Crippen molar-refractivity contribution in [3.8, 4) is 12.3 Å². The van der Waals surface area contributed by atoms with Gasteiger partial charge in [0, 0.05) is 6.42 Å². The summed E-state index contributed by atoms with van der Waals surface area (Å²) >= 11 is 0. The highest BCUT2D eigenvalue weighted by molar-refractivity contribution is 6.19. The number of carbonyl (C=O) groups is 3. The number of hydrogen-bond acceptors (Lipinski definition) is 3. The van der Waals surface area contributed by atoms with E-state index < -0.39 is 23.3 Å². The summed E-state index contributed by atoms with van der Waals surface area (Å²) in [7, 11) is 0. The van der Waals surface area contributed by atoms with Crippen LogP contribution in [0.15, 0.2) is 0 Å². The lowest BCUT2D eigenvalue weighted by molar-refractivity contribution is -0.153.